The Balaban J connectivity index is 1.49. The third-order valence-electron chi connectivity index (χ3n) is 3.38. The number of anilines is 1. The molecule has 0 aromatic carbocycles. The molecule has 26 heavy (non-hydrogen) atoms. The number of nitrogens with one attached hydrogen (secondary N) is 3. The molecule has 0 aliphatic carbocycles. The number of hydrogen-bond acceptors (Lipinski definition) is 6. The summed E-state index contributed by atoms with van der Waals surface area (Å²) in [6, 6.07) is 4.74. The summed E-state index contributed by atoms with van der Waals surface area (Å²) in [4.78, 5) is 41.8. The topological polar surface area (TPSA) is 143 Å². The van der Waals surface area contributed by atoms with E-state index >= 15 is 0 Å². The first-order valence-electron chi connectivity index (χ1n) is 7.58. The summed E-state index contributed by atoms with van der Waals surface area (Å²) in [6.45, 7) is 0.170. The van der Waals surface area contributed by atoms with E-state index in [9.17, 15) is 14.4 Å². The number of aromatic nitrogens is 2. The molecule has 3 aromatic heterocycles. The molecule has 0 bridgehead atoms. The number of H-pyrrole nitrogens is 1. The lowest BCUT2D eigenvalue weighted by molar-refractivity contribution is -0.116. The Hall–Kier alpha value is -3.40. The zero-order chi connectivity index (χ0) is 18.5. The minimum atomic E-state index is -0.559. The van der Waals surface area contributed by atoms with Gasteiger partial charge in [0.05, 0.1) is 12.0 Å². The average molecular weight is 373 g/mol. The first-order valence-corrected chi connectivity index (χ1v) is 8.46. The number of carbonyl (C=O) groups excluding carboxylic acids is 3. The van der Waals surface area contributed by atoms with E-state index in [0.29, 0.717) is 16.4 Å². The van der Waals surface area contributed by atoms with Gasteiger partial charge in [0.25, 0.3) is 11.8 Å². The summed E-state index contributed by atoms with van der Waals surface area (Å²) in [7, 11) is 0. The van der Waals surface area contributed by atoms with Gasteiger partial charge in [-0.1, -0.05) is 0 Å². The van der Waals surface area contributed by atoms with Gasteiger partial charge in [-0.15, -0.1) is 11.3 Å². The largest absolute Gasteiger partial charge is 0.459 e. The number of furan rings is 1. The maximum absolute atomic E-state index is 11.9. The minimum Gasteiger partial charge on any atom is -0.459 e. The van der Waals surface area contributed by atoms with Gasteiger partial charge in [-0.05, 0) is 18.2 Å². The van der Waals surface area contributed by atoms with Gasteiger partial charge in [0.2, 0.25) is 5.91 Å². The third kappa shape index (κ3) is 4.16. The van der Waals surface area contributed by atoms with Crippen LogP contribution in [0.15, 0.2) is 40.5 Å². The Morgan fingerprint density at radius 3 is 2.88 bits per heavy atom. The minimum absolute atomic E-state index is 0.0946. The number of rotatable bonds is 7. The van der Waals surface area contributed by atoms with Gasteiger partial charge in [-0.25, -0.2) is 4.98 Å². The van der Waals surface area contributed by atoms with Crippen molar-refractivity contribution in [2.75, 3.05) is 11.9 Å². The van der Waals surface area contributed by atoms with E-state index in [-0.39, 0.29) is 36.2 Å². The number of thiazole rings is 1. The van der Waals surface area contributed by atoms with Gasteiger partial charge in [-0.2, -0.15) is 0 Å². The van der Waals surface area contributed by atoms with Crippen LogP contribution in [-0.2, 0) is 4.79 Å². The second-order valence-corrected chi connectivity index (χ2v) is 6.09. The normalized spacial score (nSPS) is 10.5. The van der Waals surface area contributed by atoms with Crippen LogP contribution >= 0.6 is 11.3 Å². The van der Waals surface area contributed by atoms with Crippen molar-refractivity contribution in [3.05, 3.63) is 47.5 Å². The monoisotopic (exact) mass is 373 g/mol. The lowest BCUT2D eigenvalue weighted by Gasteiger charge is -2.03. The molecule has 0 unspecified atom stereocenters. The Morgan fingerprint density at radius 1 is 1.35 bits per heavy atom. The first kappa shape index (κ1) is 17.4. The Morgan fingerprint density at radius 2 is 2.19 bits per heavy atom. The summed E-state index contributed by atoms with van der Waals surface area (Å²) < 4.78 is 4.96. The summed E-state index contributed by atoms with van der Waals surface area (Å²) >= 11 is 1.25. The number of hydrogen-bond donors (Lipinski definition) is 4. The van der Waals surface area contributed by atoms with Crippen molar-refractivity contribution in [3.63, 3.8) is 0 Å². The number of nitrogens with two attached hydrogens (primary N) is 1. The Kier molecular flexibility index (Phi) is 5.13. The van der Waals surface area contributed by atoms with Crippen molar-refractivity contribution in [2.24, 2.45) is 5.73 Å². The van der Waals surface area contributed by atoms with Crippen LogP contribution in [-0.4, -0.2) is 34.2 Å². The van der Waals surface area contributed by atoms with Crippen molar-refractivity contribution in [1.29, 1.82) is 0 Å². The average Bonchev–Trinajstić information content (AvgIpc) is 3.35. The fourth-order valence-electron chi connectivity index (χ4n) is 2.11. The summed E-state index contributed by atoms with van der Waals surface area (Å²) in [5.74, 6) is -1.03. The van der Waals surface area contributed by atoms with Crippen LogP contribution in [0, 0.1) is 0 Å². The molecule has 134 valence electrons. The molecule has 0 saturated heterocycles. The van der Waals surface area contributed by atoms with Crippen LogP contribution in [0.25, 0.3) is 11.3 Å². The molecule has 3 heterocycles. The van der Waals surface area contributed by atoms with Crippen molar-refractivity contribution < 1.29 is 18.8 Å². The Labute approximate surface area is 151 Å². The van der Waals surface area contributed by atoms with Crippen LogP contribution in [0.4, 0.5) is 5.13 Å². The summed E-state index contributed by atoms with van der Waals surface area (Å²) in [6.07, 6.45) is 3.11. The smallest absolute Gasteiger partial charge is 0.286 e. The van der Waals surface area contributed by atoms with E-state index in [0.717, 1.165) is 0 Å². The highest BCUT2D eigenvalue weighted by Gasteiger charge is 2.12. The fraction of sp³-hybridized carbons (Fsp3) is 0.125. The molecule has 5 N–H and O–H groups in total. The van der Waals surface area contributed by atoms with Crippen LogP contribution in [0.1, 0.15) is 27.5 Å². The highest BCUT2D eigenvalue weighted by Crippen LogP contribution is 2.25. The number of primary amides is 1. The lowest BCUT2D eigenvalue weighted by Crippen LogP contribution is -2.27. The van der Waals surface area contributed by atoms with Crippen LogP contribution in [0.5, 0.6) is 0 Å². The highest BCUT2D eigenvalue weighted by molar-refractivity contribution is 7.14. The first-order chi connectivity index (χ1) is 12.5. The number of aromatic amines is 1. The third-order valence-corrected chi connectivity index (χ3v) is 4.14. The van der Waals surface area contributed by atoms with Gasteiger partial charge in [0.15, 0.2) is 10.9 Å². The molecule has 3 rings (SSSR count). The molecule has 0 aliphatic heterocycles. The van der Waals surface area contributed by atoms with Gasteiger partial charge in [0.1, 0.15) is 5.69 Å². The lowest BCUT2D eigenvalue weighted by atomic mass is 10.2. The quantitative estimate of drug-likeness (QED) is 0.497. The van der Waals surface area contributed by atoms with Gasteiger partial charge in [-0.3, -0.25) is 14.4 Å². The molecule has 0 atom stereocenters. The number of amides is 3. The van der Waals surface area contributed by atoms with Crippen molar-refractivity contribution >= 4 is 34.2 Å². The van der Waals surface area contributed by atoms with E-state index in [1.807, 2.05) is 0 Å². The molecule has 0 fully saturated rings. The van der Waals surface area contributed by atoms with Crippen molar-refractivity contribution in [1.82, 2.24) is 15.3 Å². The van der Waals surface area contributed by atoms with E-state index in [1.165, 1.54) is 23.7 Å². The molecule has 10 heteroatoms. The summed E-state index contributed by atoms with van der Waals surface area (Å²) in [5, 5.41) is 7.42. The van der Waals surface area contributed by atoms with E-state index in [1.54, 1.807) is 23.7 Å². The summed E-state index contributed by atoms with van der Waals surface area (Å²) in [5.41, 5.74) is 6.78. The zero-order valence-electron chi connectivity index (χ0n) is 13.4. The molecule has 0 radical (unpaired) electrons. The van der Waals surface area contributed by atoms with Gasteiger partial charge < -0.3 is 25.8 Å². The zero-order valence-corrected chi connectivity index (χ0v) is 14.3. The molecule has 0 spiro atoms. The predicted molar refractivity (Wildman–Crippen MR) is 94.7 cm³/mol. The predicted octanol–water partition coefficient (Wildman–Crippen LogP) is 1.59. The Bertz CT molecular complexity index is 928. The molecular formula is C16H15N5O4S. The number of carbonyl (C=O) groups is 3. The van der Waals surface area contributed by atoms with Crippen LogP contribution < -0.4 is 16.4 Å². The van der Waals surface area contributed by atoms with Crippen LogP contribution in [0.2, 0.25) is 0 Å². The maximum atomic E-state index is 11.9. The van der Waals surface area contributed by atoms with Gasteiger partial charge in [0, 0.05) is 30.1 Å². The molecule has 3 aromatic rings. The van der Waals surface area contributed by atoms with Crippen molar-refractivity contribution in [3.8, 4) is 11.3 Å². The second kappa shape index (κ2) is 7.66. The van der Waals surface area contributed by atoms with E-state index < -0.39 is 5.91 Å². The highest BCUT2D eigenvalue weighted by atomic mass is 32.1. The second-order valence-electron chi connectivity index (χ2n) is 5.24. The number of nitrogens with zero attached hydrogens (tertiary/aromatic N) is 1. The fourth-order valence-corrected chi connectivity index (χ4v) is 2.85. The molecule has 0 saturated carbocycles. The SMILES string of the molecule is NC(=O)c1cc(-c2csc(NC(=O)CCNC(=O)c3ccco3)n2)c[nH]1. The molecule has 0 aliphatic rings. The molecular weight excluding hydrogens is 358 g/mol. The standard InChI is InChI=1S/C16H15N5O4S/c17-14(23)10-6-9(7-19-10)11-8-26-16(20-11)21-13(22)3-4-18-15(24)12-2-1-5-25-12/h1-2,5-8,19H,3-4H2,(H2,17,23)(H,18,24)(H,20,21,22). The van der Waals surface area contributed by atoms with E-state index in [2.05, 4.69) is 20.6 Å². The van der Waals surface area contributed by atoms with Crippen LogP contribution in [0.3, 0.4) is 0 Å². The maximum Gasteiger partial charge on any atom is 0.286 e. The molecule has 9 nitrogen and oxygen atoms in total. The molecule has 3 amide bonds. The van der Waals surface area contributed by atoms with Crippen molar-refractivity contribution in [2.45, 2.75) is 6.42 Å². The van der Waals surface area contributed by atoms with E-state index in [4.69, 9.17) is 10.2 Å². The van der Waals surface area contributed by atoms with Gasteiger partial charge >= 0.3 is 0 Å².